The van der Waals surface area contributed by atoms with Crippen molar-refractivity contribution in [1.82, 2.24) is 9.78 Å². The van der Waals surface area contributed by atoms with E-state index in [1.54, 1.807) is 26.0 Å². The zero-order valence-electron chi connectivity index (χ0n) is 11.7. The monoisotopic (exact) mass is 289 g/mol. The van der Waals surface area contributed by atoms with Gasteiger partial charge in [0.25, 0.3) is 0 Å². The molecule has 7 heteroatoms. The zero-order valence-corrected chi connectivity index (χ0v) is 11.7. The molecule has 0 aliphatic heterocycles. The molecule has 2 rings (SSSR count). The van der Waals surface area contributed by atoms with Crippen molar-refractivity contribution < 1.29 is 19.4 Å². The molecule has 0 fully saturated rings. The van der Waals surface area contributed by atoms with Crippen LogP contribution in [0.3, 0.4) is 0 Å². The van der Waals surface area contributed by atoms with Gasteiger partial charge in [0.2, 0.25) is 0 Å². The van der Waals surface area contributed by atoms with Gasteiger partial charge >= 0.3 is 11.9 Å². The first-order valence-corrected chi connectivity index (χ1v) is 6.31. The Morgan fingerprint density at radius 3 is 2.48 bits per heavy atom. The number of hydrogen-bond acceptors (Lipinski definition) is 5. The van der Waals surface area contributed by atoms with Crippen molar-refractivity contribution in [2.45, 2.75) is 13.8 Å². The van der Waals surface area contributed by atoms with Crippen molar-refractivity contribution in [2.75, 3.05) is 12.3 Å². The van der Waals surface area contributed by atoms with Crippen molar-refractivity contribution in [3.05, 3.63) is 41.1 Å². The van der Waals surface area contributed by atoms with E-state index < -0.39 is 11.9 Å². The van der Waals surface area contributed by atoms with Crippen LogP contribution in [0, 0.1) is 6.92 Å². The van der Waals surface area contributed by atoms with E-state index in [4.69, 9.17) is 15.6 Å². The molecule has 0 amide bonds. The molecule has 0 bridgehead atoms. The minimum atomic E-state index is -1.02. The largest absolute Gasteiger partial charge is 0.478 e. The number of esters is 1. The maximum atomic E-state index is 11.8. The second kappa shape index (κ2) is 5.66. The van der Waals surface area contributed by atoms with Gasteiger partial charge < -0.3 is 15.6 Å². The Hall–Kier alpha value is -2.83. The van der Waals surface area contributed by atoms with Crippen molar-refractivity contribution >= 4 is 17.8 Å². The van der Waals surface area contributed by atoms with E-state index in [9.17, 15) is 9.59 Å². The minimum Gasteiger partial charge on any atom is -0.478 e. The minimum absolute atomic E-state index is 0.159. The van der Waals surface area contributed by atoms with Crippen LogP contribution in [-0.4, -0.2) is 33.4 Å². The molecule has 1 heterocycles. The zero-order chi connectivity index (χ0) is 15.6. The normalized spacial score (nSPS) is 10.4. The van der Waals surface area contributed by atoms with E-state index in [1.807, 2.05) is 0 Å². The smallest absolute Gasteiger partial charge is 0.343 e. The number of hydrogen-bond donors (Lipinski definition) is 2. The average molecular weight is 289 g/mol. The number of carboxylic acids is 1. The van der Waals surface area contributed by atoms with Crippen LogP contribution in [0.2, 0.25) is 0 Å². The summed E-state index contributed by atoms with van der Waals surface area (Å²) in [5, 5.41) is 13.1. The highest BCUT2D eigenvalue weighted by atomic mass is 16.5. The van der Waals surface area contributed by atoms with E-state index >= 15 is 0 Å². The molecule has 110 valence electrons. The molecule has 0 saturated heterocycles. The van der Waals surface area contributed by atoms with E-state index in [-0.39, 0.29) is 23.6 Å². The molecule has 0 saturated carbocycles. The summed E-state index contributed by atoms with van der Waals surface area (Å²) in [5.41, 5.74) is 7.35. The Balaban J connectivity index is 2.43. The topological polar surface area (TPSA) is 107 Å². The summed E-state index contributed by atoms with van der Waals surface area (Å²) in [5.74, 6) is -1.38. The molecule has 0 aliphatic carbocycles. The lowest BCUT2D eigenvalue weighted by atomic mass is 10.2. The predicted molar refractivity (Wildman–Crippen MR) is 75.6 cm³/mol. The molecule has 1 aromatic heterocycles. The summed E-state index contributed by atoms with van der Waals surface area (Å²) in [6.07, 6.45) is 0. The summed E-state index contributed by atoms with van der Waals surface area (Å²) in [7, 11) is 0. The summed E-state index contributed by atoms with van der Waals surface area (Å²) in [6.45, 7) is 3.61. The highest BCUT2D eigenvalue weighted by molar-refractivity contribution is 5.96. The Kier molecular flexibility index (Phi) is 3.93. The Bertz CT molecular complexity index is 689. The molecule has 0 spiro atoms. The summed E-state index contributed by atoms with van der Waals surface area (Å²) in [4.78, 5) is 22.7. The molecule has 3 N–H and O–H groups in total. The third-order valence-corrected chi connectivity index (χ3v) is 2.93. The molecule has 7 nitrogen and oxygen atoms in total. The van der Waals surface area contributed by atoms with Gasteiger partial charge in [0, 0.05) is 0 Å². The van der Waals surface area contributed by atoms with Gasteiger partial charge in [-0.3, -0.25) is 0 Å². The molecule has 0 radical (unpaired) electrons. The number of ether oxygens (including phenoxy) is 1. The SMILES string of the molecule is CCOC(=O)c1c(C)nn(-c2ccc(C(=O)O)cc2)c1N. The first-order valence-electron chi connectivity index (χ1n) is 6.31. The number of aromatic carboxylic acids is 1. The number of nitrogens with zero attached hydrogens (tertiary/aromatic N) is 2. The summed E-state index contributed by atoms with van der Waals surface area (Å²) in [6, 6.07) is 6.03. The van der Waals surface area contributed by atoms with Gasteiger partial charge in [-0.15, -0.1) is 0 Å². The second-order valence-corrected chi connectivity index (χ2v) is 4.33. The fraction of sp³-hybridized carbons (Fsp3) is 0.214. The number of aryl methyl sites for hydroxylation is 1. The Labute approximate surface area is 120 Å². The molecule has 0 aliphatic rings. The Morgan fingerprint density at radius 2 is 1.95 bits per heavy atom. The third-order valence-electron chi connectivity index (χ3n) is 2.93. The van der Waals surface area contributed by atoms with Crippen molar-refractivity contribution in [3.8, 4) is 5.69 Å². The van der Waals surface area contributed by atoms with Crippen LogP contribution in [0.1, 0.15) is 33.3 Å². The second-order valence-electron chi connectivity index (χ2n) is 4.33. The van der Waals surface area contributed by atoms with E-state index in [2.05, 4.69) is 5.10 Å². The number of nitrogens with two attached hydrogens (primary N) is 1. The number of aromatic nitrogens is 2. The van der Waals surface area contributed by atoms with Crippen LogP contribution in [0.15, 0.2) is 24.3 Å². The lowest BCUT2D eigenvalue weighted by Gasteiger charge is -2.05. The first-order chi connectivity index (χ1) is 9.95. The predicted octanol–water partition coefficient (Wildman–Crippen LogP) is 1.64. The number of carboxylic acid groups (broad SMARTS) is 1. The van der Waals surface area contributed by atoms with Crippen molar-refractivity contribution in [1.29, 1.82) is 0 Å². The van der Waals surface area contributed by atoms with Gasteiger partial charge in [-0.1, -0.05) is 0 Å². The molecular weight excluding hydrogens is 274 g/mol. The fourth-order valence-corrected chi connectivity index (χ4v) is 1.94. The number of rotatable bonds is 4. The van der Waals surface area contributed by atoms with Gasteiger partial charge in [0.1, 0.15) is 11.4 Å². The number of carbonyl (C=O) groups is 2. The van der Waals surface area contributed by atoms with Crippen LogP contribution < -0.4 is 5.73 Å². The van der Waals surface area contributed by atoms with Gasteiger partial charge in [-0.05, 0) is 38.1 Å². The standard InChI is InChI=1S/C14H15N3O4/c1-3-21-14(20)11-8(2)16-17(12(11)15)10-6-4-9(5-7-10)13(18)19/h4-7H,3,15H2,1-2H3,(H,18,19). The van der Waals surface area contributed by atoms with Crippen LogP contribution >= 0.6 is 0 Å². The number of nitrogen functional groups attached to an aromatic ring is 1. The fourth-order valence-electron chi connectivity index (χ4n) is 1.94. The molecule has 21 heavy (non-hydrogen) atoms. The van der Waals surface area contributed by atoms with Crippen molar-refractivity contribution in [2.24, 2.45) is 0 Å². The molecule has 0 unspecified atom stereocenters. The highest BCUT2D eigenvalue weighted by Gasteiger charge is 2.21. The maximum absolute atomic E-state index is 11.8. The number of carbonyl (C=O) groups excluding carboxylic acids is 1. The highest BCUT2D eigenvalue weighted by Crippen LogP contribution is 2.22. The van der Waals surface area contributed by atoms with Gasteiger partial charge in [-0.2, -0.15) is 5.10 Å². The van der Waals surface area contributed by atoms with Crippen LogP contribution in [0.25, 0.3) is 5.69 Å². The van der Waals surface area contributed by atoms with Gasteiger partial charge in [-0.25, -0.2) is 14.3 Å². The number of anilines is 1. The molecular formula is C14H15N3O4. The van der Waals surface area contributed by atoms with E-state index in [1.165, 1.54) is 16.8 Å². The van der Waals surface area contributed by atoms with E-state index in [0.29, 0.717) is 11.4 Å². The maximum Gasteiger partial charge on any atom is 0.343 e. The van der Waals surface area contributed by atoms with Gasteiger partial charge in [0.05, 0.1) is 23.6 Å². The van der Waals surface area contributed by atoms with Crippen LogP contribution in [-0.2, 0) is 4.74 Å². The summed E-state index contributed by atoms with van der Waals surface area (Å²) >= 11 is 0. The van der Waals surface area contributed by atoms with E-state index in [0.717, 1.165) is 0 Å². The number of benzene rings is 1. The van der Waals surface area contributed by atoms with Crippen molar-refractivity contribution in [3.63, 3.8) is 0 Å². The summed E-state index contributed by atoms with van der Waals surface area (Å²) < 4.78 is 6.32. The van der Waals surface area contributed by atoms with Gasteiger partial charge in [0.15, 0.2) is 0 Å². The third kappa shape index (κ3) is 2.71. The molecule has 0 atom stereocenters. The van der Waals surface area contributed by atoms with Crippen LogP contribution in [0.4, 0.5) is 5.82 Å². The lowest BCUT2D eigenvalue weighted by molar-refractivity contribution is 0.0526. The Morgan fingerprint density at radius 1 is 1.33 bits per heavy atom. The van der Waals surface area contributed by atoms with Crippen LogP contribution in [0.5, 0.6) is 0 Å². The quantitative estimate of drug-likeness (QED) is 0.828. The average Bonchev–Trinajstić information content (AvgIpc) is 2.74. The lowest BCUT2D eigenvalue weighted by Crippen LogP contribution is -2.09. The molecule has 2 aromatic rings. The molecule has 1 aromatic carbocycles. The first kappa shape index (κ1) is 14.6.